The molecule has 0 atom stereocenters. The van der Waals surface area contributed by atoms with E-state index in [1.165, 1.54) is 11.3 Å². The Bertz CT molecular complexity index is 221. The number of allylic oxidation sites excluding steroid dienone is 4. The summed E-state index contributed by atoms with van der Waals surface area (Å²) in [5, 5.41) is 0. The maximum absolute atomic E-state index is 2.25. The van der Waals surface area contributed by atoms with E-state index in [0.717, 1.165) is 6.54 Å². The van der Waals surface area contributed by atoms with Gasteiger partial charge in [0.1, 0.15) is 0 Å². The summed E-state index contributed by atoms with van der Waals surface area (Å²) in [5.74, 6) is 0. The summed E-state index contributed by atoms with van der Waals surface area (Å²) >= 11 is 0. The molecule has 0 spiro atoms. The molecule has 0 aromatic carbocycles. The van der Waals surface area contributed by atoms with Gasteiger partial charge in [0, 0.05) is 19.3 Å². The fourth-order valence-corrected chi connectivity index (χ4v) is 1.29. The van der Waals surface area contributed by atoms with Gasteiger partial charge in [0.2, 0.25) is 0 Å². The summed E-state index contributed by atoms with van der Waals surface area (Å²) in [6, 6.07) is 0. The van der Waals surface area contributed by atoms with Gasteiger partial charge in [-0.15, -0.1) is 0 Å². The van der Waals surface area contributed by atoms with Crippen LogP contribution in [0.25, 0.3) is 0 Å². The third-order valence-corrected chi connectivity index (χ3v) is 2.11. The van der Waals surface area contributed by atoms with Crippen LogP contribution in [-0.2, 0) is 0 Å². The van der Waals surface area contributed by atoms with Gasteiger partial charge in [-0.3, -0.25) is 0 Å². The normalized spacial score (nSPS) is 13.9. The van der Waals surface area contributed by atoms with Gasteiger partial charge < -0.3 is 4.90 Å². The molecule has 0 unspecified atom stereocenters. The quantitative estimate of drug-likeness (QED) is 0.598. The highest BCUT2D eigenvalue weighted by Gasteiger charge is 2.03. The lowest BCUT2D eigenvalue weighted by atomic mass is 10.1. The van der Waals surface area contributed by atoms with Crippen LogP contribution in [0.5, 0.6) is 0 Å². The van der Waals surface area contributed by atoms with Crippen molar-refractivity contribution in [2.45, 2.75) is 27.7 Å². The van der Waals surface area contributed by atoms with E-state index in [2.05, 4.69) is 57.0 Å². The van der Waals surface area contributed by atoms with Crippen LogP contribution in [-0.4, -0.2) is 18.5 Å². The molecular weight excluding hydrogens is 158 g/mol. The first-order valence-corrected chi connectivity index (χ1v) is 4.88. The van der Waals surface area contributed by atoms with Crippen LogP contribution in [0.2, 0.25) is 0 Å². The van der Waals surface area contributed by atoms with Crippen LogP contribution in [0.1, 0.15) is 27.7 Å². The van der Waals surface area contributed by atoms with E-state index < -0.39 is 0 Å². The largest absolute Gasteiger partial charge is 0.375 e. The van der Waals surface area contributed by atoms with Gasteiger partial charge in [-0.1, -0.05) is 24.3 Å². The Morgan fingerprint density at radius 2 is 1.77 bits per heavy atom. The number of hydrogen-bond acceptors (Lipinski definition) is 1. The van der Waals surface area contributed by atoms with Gasteiger partial charge in [0.05, 0.1) is 0 Å². The maximum atomic E-state index is 2.25. The van der Waals surface area contributed by atoms with Crippen molar-refractivity contribution < 1.29 is 0 Å². The fraction of sp³-hybridized carbons (Fsp3) is 0.500. The molecule has 0 amide bonds. The van der Waals surface area contributed by atoms with E-state index >= 15 is 0 Å². The zero-order valence-electron chi connectivity index (χ0n) is 9.46. The van der Waals surface area contributed by atoms with E-state index in [-0.39, 0.29) is 0 Å². The second-order valence-electron chi connectivity index (χ2n) is 2.93. The minimum Gasteiger partial charge on any atom is -0.375 e. The summed E-state index contributed by atoms with van der Waals surface area (Å²) in [6.45, 7) is 9.39. The Hall–Kier alpha value is -0.980. The Balaban J connectivity index is 4.76. The van der Waals surface area contributed by atoms with Gasteiger partial charge in [-0.2, -0.15) is 0 Å². The highest BCUT2D eigenvalue weighted by Crippen LogP contribution is 2.14. The lowest BCUT2D eigenvalue weighted by Crippen LogP contribution is -2.17. The molecule has 0 aliphatic carbocycles. The summed E-state index contributed by atoms with van der Waals surface area (Å²) in [7, 11) is 2.11. The van der Waals surface area contributed by atoms with Crippen LogP contribution < -0.4 is 0 Å². The van der Waals surface area contributed by atoms with Crippen LogP contribution in [0.3, 0.4) is 0 Å². The minimum absolute atomic E-state index is 1.04. The van der Waals surface area contributed by atoms with Crippen molar-refractivity contribution in [1.82, 2.24) is 4.90 Å². The molecule has 0 saturated carbocycles. The third-order valence-electron chi connectivity index (χ3n) is 2.11. The van der Waals surface area contributed by atoms with Crippen molar-refractivity contribution in [3.8, 4) is 0 Å². The molecule has 0 N–H and O–H groups in total. The van der Waals surface area contributed by atoms with Crippen molar-refractivity contribution in [1.29, 1.82) is 0 Å². The van der Waals surface area contributed by atoms with Crippen LogP contribution in [0.4, 0.5) is 0 Å². The van der Waals surface area contributed by atoms with Gasteiger partial charge in [0.15, 0.2) is 0 Å². The molecule has 0 bridgehead atoms. The highest BCUT2D eigenvalue weighted by molar-refractivity contribution is 5.37. The molecule has 0 aliphatic heterocycles. The lowest BCUT2D eigenvalue weighted by Gasteiger charge is -2.21. The Morgan fingerprint density at radius 1 is 1.15 bits per heavy atom. The van der Waals surface area contributed by atoms with E-state index in [0.29, 0.717) is 0 Å². The second kappa shape index (κ2) is 6.53. The van der Waals surface area contributed by atoms with Gasteiger partial charge in [-0.05, 0) is 33.3 Å². The smallest absolute Gasteiger partial charge is 0.0390 e. The average molecular weight is 179 g/mol. The Morgan fingerprint density at radius 3 is 2.08 bits per heavy atom. The van der Waals surface area contributed by atoms with Crippen molar-refractivity contribution >= 4 is 0 Å². The summed E-state index contributed by atoms with van der Waals surface area (Å²) < 4.78 is 0. The number of hydrogen-bond donors (Lipinski definition) is 0. The molecular formula is C12H21N. The number of likely N-dealkylation sites (N-methyl/N-ethyl adjacent to an activating group) is 1. The molecule has 0 fully saturated rings. The molecule has 0 aromatic rings. The van der Waals surface area contributed by atoms with E-state index in [9.17, 15) is 0 Å². The molecule has 0 saturated heterocycles. The standard InChI is InChI=1S/C12H21N/c1-6-10-11(7-2)12(8-3)13(5)9-4/h6-8,10H,9H2,1-5H3/b10-6-,11-7+,12-8-. The SMILES string of the molecule is C\C=C/C(=C\C)C(=C/C)/N(C)CC. The van der Waals surface area contributed by atoms with Crippen LogP contribution in [0.15, 0.2) is 35.6 Å². The van der Waals surface area contributed by atoms with Crippen molar-refractivity contribution in [2.24, 2.45) is 0 Å². The molecule has 13 heavy (non-hydrogen) atoms. The zero-order valence-corrected chi connectivity index (χ0v) is 9.46. The molecule has 0 aliphatic rings. The van der Waals surface area contributed by atoms with Crippen LogP contribution in [0, 0.1) is 0 Å². The first kappa shape index (κ1) is 12.0. The van der Waals surface area contributed by atoms with Crippen molar-refractivity contribution in [2.75, 3.05) is 13.6 Å². The first-order valence-electron chi connectivity index (χ1n) is 4.88. The first-order chi connectivity index (χ1) is 6.21. The summed E-state index contributed by atoms with van der Waals surface area (Å²) in [5.41, 5.74) is 2.58. The topological polar surface area (TPSA) is 3.24 Å². The zero-order chi connectivity index (χ0) is 10.3. The van der Waals surface area contributed by atoms with Crippen molar-refractivity contribution in [3.05, 3.63) is 35.6 Å². The second-order valence-corrected chi connectivity index (χ2v) is 2.93. The Kier molecular flexibility index (Phi) is 6.03. The highest BCUT2D eigenvalue weighted by atomic mass is 15.1. The number of rotatable bonds is 4. The monoisotopic (exact) mass is 179 g/mol. The van der Waals surface area contributed by atoms with E-state index in [4.69, 9.17) is 0 Å². The number of nitrogens with zero attached hydrogens (tertiary/aromatic N) is 1. The summed E-state index contributed by atoms with van der Waals surface area (Å²) in [6.07, 6.45) is 8.50. The molecule has 1 nitrogen and oxygen atoms in total. The van der Waals surface area contributed by atoms with Gasteiger partial charge in [-0.25, -0.2) is 0 Å². The molecule has 74 valence electrons. The molecule has 0 aromatic heterocycles. The van der Waals surface area contributed by atoms with Crippen molar-refractivity contribution in [3.63, 3.8) is 0 Å². The predicted molar refractivity (Wildman–Crippen MR) is 60.6 cm³/mol. The summed E-state index contributed by atoms with van der Waals surface area (Å²) in [4.78, 5) is 2.25. The predicted octanol–water partition coefficient (Wildman–Crippen LogP) is 3.36. The molecule has 0 heterocycles. The average Bonchev–Trinajstić information content (AvgIpc) is 2.17. The molecule has 1 heteroatoms. The maximum Gasteiger partial charge on any atom is 0.0390 e. The van der Waals surface area contributed by atoms with Gasteiger partial charge >= 0.3 is 0 Å². The minimum atomic E-state index is 1.04. The molecule has 0 rings (SSSR count). The molecule has 0 radical (unpaired) electrons. The van der Waals surface area contributed by atoms with E-state index in [1.807, 2.05) is 6.92 Å². The van der Waals surface area contributed by atoms with Gasteiger partial charge in [0.25, 0.3) is 0 Å². The van der Waals surface area contributed by atoms with Crippen LogP contribution >= 0.6 is 0 Å². The van der Waals surface area contributed by atoms with E-state index in [1.54, 1.807) is 0 Å². The Labute approximate surface area is 82.4 Å². The lowest BCUT2D eigenvalue weighted by molar-refractivity contribution is 0.451. The third kappa shape index (κ3) is 3.49. The fourth-order valence-electron chi connectivity index (χ4n) is 1.29.